The summed E-state index contributed by atoms with van der Waals surface area (Å²) in [6, 6.07) is 6.11. The minimum Gasteiger partial charge on any atom is -0.340 e. The van der Waals surface area contributed by atoms with Gasteiger partial charge in [0.2, 0.25) is 15.9 Å². The predicted molar refractivity (Wildman–Crippen MR) is 112 cm³/mol. The SMILES string of the molecule is CC(=O)c1ccc(S(=O)(=O)N2CCN(C(=O)C3C4CC5CC(C4)CC3C5)CC2)cc1. The molecule has 1 aliphatic heterocycles. The number of ketones is 1. The van der Waals surface area contributed by atoms with Gasteiger partial charge in [0.1, 0.15) is 0 Å². The molecule has 5 fully saturated rings. The van der Waals surface area contributed by atoms with Gasteiger partial charge in [-0.3, -0.25) is 9.59 Å². The second-order valence-electron chi connectivity index (χ2n) is 9.77. The monoisotopic (exact) mass is 430 g/mol. The smallest absolute Gasteiger partial charge is 0.243 e. The third kappa shape index (κ3) is 3.40. The highest BCUT2D eigenvalue weighted by Gasteiger charge is 2.51. The molecule has 4 bridgehead atoms. The number of benzene rings is 1. The largest absolute Gasteiger partial charge is 0.340 e. The molecule has 7 heteroatoms. The molecule has 30 heavy (non-hydrogen) atoms. The van der Waals surface area contributed by atoms with Crippen molar-refractivity contribution in [3.8, 4) is 0 Å². The number of hydrogen-bond acceptors (Lipinski definition) is 4. The van der Waals surface area contributed by atoms with E-state index in [1.54, 1.807) is 12.1 Å². The highest BCUT2D eigenvalue weighted by molar-refractivity contribution is 7.89. The summed E-state index contributed by atoms with van der Waals surface area (Å²) in [4.78, 5) is 26.9. The molecule has 1 saturated heterocycles. The van der Waals surface area contributed by atoms with E-state index >= 15 is 0 Å². The second-order valence-corrected chi connectivity index (χ2v) is 11.7. The maximum atomic E-state index is 13.3. The van der Waals surface area contributed by atoms with Gasteiger partial charge in [-0.1, -0.05) is 12.1 Å². The van der Waals surface area contributed by atoms with Gasteiger partial charge in [0.25, 0.3) is 0 Å². The summed E-state index contributed by atoms with van der Waals surface area (Å²) in [7, 11) is -3.61. The maximum absolute atomic E-state index is 13.3. The number of carbonyl (C=O) groups excluding carboxylic acids is 2. The van der Waals surface area contributed by atoms with Crippen LogP contribution in [-0.2, 0) is 14.8 Å². The Bertz CT molecular complexity index is 920. The fraction of sp³-hybridized carbons (Fsp3) is 0.652. The zero-order valence-electron chi connectivity index (χ0n) is 17.5. The number of hydrogen-bond donors (Lipinski definition) is 0. The molecule has 0 radical (unpaired) electrons. The average Bonchev–Trinajstić information content (AvgIpc) is 2.73. The highest BCUT2D eigenvalue weighted by atomic mass is 32.2. The molecule has 4 saturated carbocycles. The van der Waals surface area contributed by atoms with Crippen molar-refractivity contribution in [2.45, 2.75) is 43.9 Å². The summed E-state index contributed by atoms with van der Waals surface area (Å²) in [5.41, 5.74) is 0.500. The minimum atomic E-state index is -3.61. The molecule has 0 aromatic heterocycles. The van der Waals surface area contributed by atoms with Crippen LogP contribution in [0, 0.1) is 29.6 Å². The molecule has 1 aromatic carbocycles. The summed E-state index contributed by atoms with van der Waals surface area (Å²) in [6.45, 7) is 3.05. The first kappa shape index (κ1) is 20.2. The van der Waals surface area contributed by atoms with Crippen LogP contribution >= 0.6 is 0 Å². The van der Waals surface area contributed by atoms with Gasteiger partial charge in [0.15, 0.2) is 5.78 Å². The van der Waals surface area contributed by atoms with Gasteiger partial charge >= 0.3 is 0 Å². The van der Waals surface area contributed by atoms with Gasteiger partial charge in [-0.15, -0.1) is 0 Å². The van der Waals surface area contributed by atoms with Crippen LogP contribution in [0.3, 0.4) is 0 Å². The van der Waals surface area contributed by atoms with Gasteiger partial charge in [0.05, 0.1) is 4.90 Å². The molecule has 6 nitrogen and oxygen atoms in total. The molecule has 0 atom stereocenters. The standard InChI is InChI=1S/C23H30N2O4S/c1-15(26)18-2-4-21(5-3-18)30(28,29)25-8-6-24(7-9-25)23(27)22-19-11-16-10-17(13-19)14-20(22)12-16/h2-5,16-17,19-20,22H,6-14H2,1H3. The van der Waals surface area contributed by atoms with E-state index < -0.39 is 10.0 Å². The van der Waals surface area contributed by atoms with E-state index in [9.17, 15) is 18.0 Å². The van der Waals surface area contributed by atoms with Crippen LogP contribution < -0.4 is 0 Å². The van der Waals surface area contributed by atoms with Crippen molar-refractivity contribution in [2.75, 3.05) is 26.2 Å². The number of nitrogens with zero attached hydrogens (tertiary/aromatic N) is 2. The van der Waals surface area contributed by atoms with E-state index in [0.717, 1.165) is 11.8 Å². The number of piperazine rings is 1. The van der Waals surface area contributed by atoms with Crippen LogP contribution in [0.1, 0.15) is 49.4 Å². The molecule has 0 N–H and O–H groups in total. The van der Waals surface area contributed by atoms with E-state index in [1.807, 2.05) is 4.90 Å². The third-order valence-electron chi connectivity index (χ3n) is 7.96. The van der Waals surface area contributed by atoms with Crippen molar-refractivity contribution in [1.82, 2.24) is 9.21 Å². The highest BCUT2D eigenvalue weighted by Crippen LogP contribution is 2.56. The molecule has 162 valence electrons. The zero-order chi connectivity index (χ0) is 21.0. The summed E-state index contributed by atoms with van der Waals surface area (Å²) in [5, 5.41) is 0. The van der Waals surface area contributed by atoms with E-state index in [-0.39, 0.29) is 22.5 Å². The Hall–Kier alpha value is -1.73. The van der Waals surface area contributed by atoms with Crippen LogP contribution in [0.25, 0.3) is 0 Å². The number of rotatable bonds is 4. The van der Waals surface area contributed by atoms with E-state index in [4.69, 9.17) is 0 Å². The molecule has 6 rings (SSSR count). The molecule has 1 amide bonds. The van der Waals surface area contributed by atoms with Crippen LogP contribution in [0.5, 0.6) is 0 Å². The quantitative estimate of drug-likeness (QED) is 0.689. The molecule has 1 heterocycles. The van der Waals surface area contributed by atoms with Crippen molar-refractivity contribution in [2.24, 2.45) is 29.6 Å². The van der Waals surface area contributed by atoms with E-state index in [2.05, 4.69) is 0 Å². The molecule has 5 aliphatic rings. The van der Waals surface area contributed by atoms with Gasteiger partial charge in [-0.05, 0) is 74.8 Å². The van der Waals surface area contributed by atoms with Crippen molar-refractivity contribution < 1.29 is 18.0 Å². The average molecular weight is 431 g/mol. The molecular weight excluding hydrogens is 400 g/mol. The number of Topliss-reactive ketones (excluding diaryl/α,β-unsaturated/α-hetero) is 1. The fourth-order valence-corrected chi connectivity index (χ4v) is 8.12. The fourth-order valence-electron chi connectivity index (χ4n) is 6.70. The molecular formula is C23H30N2O4S. The van der Waals surface area contributed by atoms with E-state index in [0.29, 0.717) is 43.6 Å². The van der Waals surface area contributed by atoms with Crippen molar-refractivity contribution >= 4 is 21.7 Å². The van der Waals surface area contributed by atoms with Gasteiger partial charge in [-0.25, -0.2) is 8.42 Å². The lowest BCUT2D eigenvalue weighted by molar-refractivity contribution is -0.150. The van der Waals surface area contributed by atoms with E-state index in [1.165, 1.54) is 55.5 Å². The molecule has 0 unspecified atom stereocenters. The summed E-state index contributed by atoms with van der Waals surface area (Å²) in [5.74, 6) is 3.13. The lowest BCUT2D eigenvalue weighted by Gasteiger charge is -2.54. The minimum absolute atomic E-state index is 0.0872. The lowest BCUT2D eigenvalue weighted by atomic mass is 9.51. The number of sulfonamides is 1. The Morgan fingerprint density at radius 1 is 0.833 bits per heavy atom. The molecule has 4 aliphatic carbocycles. The predicted octanol–water partition coefficient (Wildman–Crippen LogP) is 2.79. The van der Waals surface area contributed by atoms with Crippen LogP contribution in [0.4, 0.5) is 0 Å². The summed E-state index contributed by atoms with van der Waals surface area (Å²) < 4.78 is 27.4. The van der Waals surface area contributed by atoms with Gasteiger partial charge in [-0.2, -0.15) is 4.31 Å². The first-order chi connectivity index (χ1) is 14.3. The Morgan fingerprint density at radius 3 is 1.87 bits per heavy atom. The number of amides is 1. The Balaban J connectivity index is 1.24. The van der Waals surface area contributed by atoms with Crippen molar-refractivity contribution in [3.63, 3.8) is 0 Å². The van der Waals surface area contributed by atoms with Crippen LogP contribution in [0.15, 0.2) is 29.2 Å². The summed E-state index contributed by atoms with van der Waals surface area (Å²) in [6.07, 6.45) is 6.24. The Kier molecular flexibility index (Phi) is 5.01. The zero-order valence-corrected chi connectivity index (χ0v) is 18.3. The number of carbonyl (C=O) groups is 2. The summed E-state index contributed by atoms with van der Waals surface area (Å²) >= 11 is 0. The first-order valence-electron chi connectivity index (χ1n) is 11.2. The first-order valence-corrected chi connectivity index (χ1v) is 12.7. The molecule has 1 aromatic rings. The van der Waals surface area contributed by atoms with Crippen molar-refractivity contribution in [1.29, 1.82) is 0 Å². The maximum Gasteiger partial charge on any atom is 0.243 e. The Morgan fingerprint density at radius 2 is 1.37 bits per heavy atom. The second kappa shape index (κ2) is 7.45. The van der Waals surface area contributed by atoms with Crippen LogP contribution in [-0.4, -0.2) is 55.5 Å². The topological polar surface area (TPSA) is 74.8 Å². The normalized spacial score (nSPS) is 33.6. The van der Waals surface area contributed by atoms with Gasteiger partial charge < -0.3 is 4.90 Å². The molecule has 0 spiro atoms. The Labute approximate surface area is 178 Å². The van der Waals surface area contributed by atoms with Crippen LogP contribution in [0.2, 0.25) is 0 Å². The van der Waals surface area contributed by atoms with Crippen molar-refractivity contribution in [3.05, 3.63) is 29.8 Å². The third-order valence-corrected chi connectivity index (χ3v) is 9.87. The lowest BCUT2D eigenvalue weighted by Crippen LogP contribution is -2.56. The van der Waals surface area contributed by atoms with Gasteiger partial charge in [0, 0.05) is 37.7 Å².